The summed E-state index contributed by atoms with van der Waals surface area (Å²) in [6.45, 7) is 2.56. The number of methoxy groups -OCH3 is 2. The Balaban J connectivity index is 3.16. The lowest BCUT2D eigenvalue weighted by atomic mass is 10.1. The first-order chi connectivity index (χ1) is 8.65. The van der Waals surface area contributed by atoms with E-state index < -0.39 is 5.91 Å². The largest absolute Gasteiger partial charge is 0.493 e. The number of carbonyl (C=O) groups excluding carboxylic acids is 1. The Morgan fingerprint density at radius 2 is 1.94 bits per heavy atom. The van der Waals surface area contributed by atoms with E-state index in [0.29, 0.717) is 29.4 Å². The van der Waals surface area contributed by atoms with E-state index in [1.165, 1.54) is 14.2 Å². The summed E-state index contributed by atoms with van der Waals surface area (Å²) in [5.74, 6) is 0.694. The topological polar surface area (TPSA) is 70.8 Å². The molecule has 0 spiro atoms. The van der Waals surface area contributed by atoms with Crippen LogP contribution in [-0.2, 0) is 0 Å². The van der Waals surface area contributed by atoms with Crippen LogP contribution in [-0.4, -0.2) is 26.7 Å². The zero-order chi connectivity index (χ0) is 13.5. The summed E-state index contributed by atoms with van der Waals surface area (Å²) >= 11 is 0. The van der Waals surface area contributed by atoms with Crippen LogP contribution in [0.2, 0.25) is 0 Å². The first-order valence-corrected chi connectivity index (χ1v) is 5.83. The number of hydrogen-bond acceptors (Lipinski definition) is 4. The van der Waals surface area contributed by atoms with Crippen molar-refractivity contribution >= 4 is 5.91 Å². The third kappa shape index (κ3) is 3.06. The number of hydrogen-bond donors (Lipinski definition) is 1. The van der Waals surface area contributed by atoms with Crippen molar-refractivity contribution in [2.75, 3.05) is 20.8 Å². The van der Waals surface area contributed by atoms with Crippen LogP contribution in [0.1, 0.15) is 30.1 Å². The fraction of sp³-hybridized carbons (Fsp3) is 0.462. The Bertz CT molecular complexity index is 418. The maximum atomic E-state index is 11.4. The molecule has 0 bridgehead atoms. The zero-order valence-corrected chi connectivity index (χ0v) is 11.0. The molecule has 2 N–H and O–H groups in total. The highest BCUT2D eigenvalue weighted by Gasteiger charge is 2.19. The van der Waals surface area contributed by atoms with E-state index >= 15 is 0 Å². The number of rotatable bonds is 7. The highest BCUT2D eigenvalue weighted by molar-refractivity contribution is 5.97. The summed E-state index contributed by atoms with van der Waals surface area (Å²) in [5.41, 5.74) is 5.61. The van der Waals surface area contributed by atoms with Crippen LogP contribution < -0.4 is 19.9 Å². The van der Waals surface area contributed by atoms with Gasteiger partial charge in [-0.25, -0.2) is 0 Å². The number of primary amides is 1. The molecule has 0 aliphatic heterocycles. The van der Waals surface area contributed by atoms with Gasteiger partial charge in [0, 0.05) is 0 Å². The number of nitrogens with two attached hydrogens (primary N) is 1. The van der Waals surface area contributed by atoms with E-state index in [-0.39, 0.29) is 0 Å². The molecule has 0 unspecified atom stereocenters. The second-order valence-electron chi connectivity index (χ2n) is 3.74. The van der Waals surface area contributed by atoms with Crippen LogP contribution in [0.5, 0.6) is 17.2 Å². The zero-order valence-electron chi connectivity index (χ0n) is 11.0. The first kappa shape index (κ1) is 14.2. The lowest BCUT2D eigenvalue weighted by Gasteiger charge is -2.16. The monoisotopic (exact) mass is 253 g/mol. The van der Waals surface area contributed by atoms with Gasteiger partial charge in [0.05, 0.1) is 26.4 Å². The molecule has 0 atom stereocenters. The van der Waals surface area contributed by atoms with Crippen LogP contribution in [0.4, 0.5) is 0 Å². The van der Waals surface area contributed by atoms with Gasteiger partial charge in [-0.15, -0.1) is 0 Å². The van der Waals surface area contributed by atoms with E-state index in [9.17, 15) is 4.79 Å². The van der Waals surface area contributed by atoms with Gasteiger partial charge in [-0.05, 0) is 18.6 Å². The van der Waals surface area contributed by atoms with Crippen LogP contribution in [0, 0.1) is 0 Å². The molecule has 0 radical (unpaired) electrons. The summed E-state index contributed by atoms with van der Waals surface area (Å²) in [4.78, 5) is 11.4. The highest BCUT2D eigenvalue weighted by Crippen LogP contribution is 2.39. The summed E-state index contributed by atoms with van der Waals surface area (Å²) in [7, 11) is 3.02. The molecular formula is C13H19NO4. The second kappa shape index (κ2) is 6.74. The molecule has 1 aromatic rings. The summed E-state index contributed by atoms with van der Waals surface area (Å²) in [5, 5.41) is 0. The molecular weight excluding hydrogens is 234 g/mol. The number of ether oxygens (including phenoxy) is 3. The average Bonchev–Trinajstić information content (AvgIpc) is 2.37. The van der Waals surface area contributed by atoms with Gasteiger partial charge in [0.25, 0.3) is 5.91 Å². The van der Waals surface area contributed by atoms with E-state index in [0.717, 1.165) is 12.8 Å². The van der Waals surface area contributed by atoms with Crippen LogP contribution in [0.3, 0.4) is 0 Å². The molecule has 18 heavy (non-hydrogen) atoms. The second-order valence-corrected chi connectivity index (χ2v) is 3.74. The molecule has 0 fully saturated rings. The number of carbonyl (C=O) groups is 1. The molecule has 0 saturated heterocycles. The molecule has 100 valence electrons. The Kier molecular flexibility index (Phi) is 5.30. The molecule has 0 saturated carbocycles. The predicted molar refractivity (Wildman–Crippen MR) is 68.5 cm³/mol. The lowest BCUT2D eigenvalue weighted by Crippen LogP contribution is -2.14. The Morgan fingerprint density at radius 3 is 2.44 bits per heavy atom. The van der Waals surface area contributed by atoms with Gasteiger partial charge in [0.1, 0.15) is 0 Å². The fourth-order valence-electron chi connectivity index (χ4n) is 1.55. The minimum absolute atomic E-state index is 0.295. The average molecular weight is 253 g/mol. The Morgan fingerprint density at radius 1 is 1.22 bits per heavy atom. The minimum atomic E-state index is -0.553. The van der Waals surface area contributed by atoms with Gasteiger partial charge in [-0.1, -0.05) is 13.3 Å². The standard InChI is InChI=1S/C13H19NO4/c1-4-5-8-18-11-9(13(14)15)6-7-10(16-2)12(11)17-3/h6-7H,4-5,8H2,1-3H3,(H2,14,15). The number of unbranched alkanes of at least 4 members (excludes halogenated alkanes) is 1. The van der Waals surface area contributed by atoms with Crippen molar-refractivity contribution in [2.24, 2.45) is 5.73 Å². The predicted octanol–water partition coefficient (Wildman–Crippen LogP) is 1.98. The highest BCUT2D eigenvalue weighted by atomic mass is 16.5. The van der Waals surface area contributed by atoms with Gasteiger partial charge in [-0.3, -0.25) is 4.79 Å². The number of benzene rings is 1. The summed E-state index contributed by atoms with van der Waals surface area (Å²) < 4.78 is 16.0. The smallest absolute Gasteiger partial charge is 0.252 e. The van der Waals surface area contributed by atoms with E-state index in [2.05, 4.69) is 6.92 Å². The fourth-order valence-corrected chi connectivity index (χ4v) is 1.55. The van der Waals surface area contributed by atoms with Crippen LogP contribution in [0.25, 0.3) is 0 Å². The van der Waals surface area contributed by atoms with Gasteiger partial charge in [-0.2, -0.15) is 0 Å². The van der Waals surface area contributed by atoms with Crippen molar-refractivity contribution in [1.29, 1.82) is 0 Å². The van der Waals surface area contributed by atoms with Gasteiger partial charge in [0.15, 0.2) is 11.5 Å². The lowest BCUT2D eigenvalue weighted by molar-refractivity contribution is 0.0995. The molecule has 1 rings (SSSR count). The van der Waals surface area contributed by atoms with Gasteiger partial charge >= 0.3 is 0 Å². The first-order valence-electron chi connectivity index (χ1n) is 5.83. The normalized spacial score (nSPS) is 9.94. The van der Waals surface area contributed by atoms with Crippen molar-refractivity contribution in [3.8, 4) is 17.2 Å². The van der Waals surface area contributed by atoms with Crippen LogP contribution in [0.15, 0.2) is 12.1 Å². The van der Waals surface area contributed by atoms with Crippen molar-refractivity contribution in [3.05, 3.63) is 17.7 Å². The van der Waals surface area contributed by atoms with Crippen molar-refractivity contribution < 1.29 is 19.0 Å². The number of amides is 1. The van der Waals surface area contributed by atoms with Crippen molar-refractivity contribution in [2.45, 2.75) is 19.8 Å². The molecule has 1 aromatic carbocycles. The molecule has 0 aliphatic rings. The molecule has 5 nitrogen and oxygen atoms in total. The molecule has 5 heteroatoms. The van der Waals surface area contributed by atoms with E-state index in [4.69, 9.17) is 19.9 Å². The maximum absolute atomic E-state index is 11.4. The minimum Gasteiger partial charge on any atom is -0.493 e. The third-order valence-electron chi connectivity index (χ3n) is 2.51. The Hall–Kier alpha value is -1.91. The quantitative estimate of drug-likeness (QED) is 0.754. The SMILES string of the molecule is CCCCOc1c(C(N)=O)ccc(OC)c1OC. The van der Waals surface area contributed by atoms with Crippen molar-refractivity contribution in [1.82, 2.24) is 0 Å². The van der Waals surface area contributed by atoms with Crippen LogP contribution >= 0.6 is 0 Å². The Labute approximate surface area is 107 Å². The molecule has 1 amide bonds. The maximum Gasteiger partial charge on any atom is 0.252 e. The van der Waals surface area contributed by atoms with Gasteiger partial charge < -0.3 is 19.9 Å². The van der Waals surface area contributed by atoms with Gasteiger partial charge in [0.2, 0.25) is 5.75 Å². The summed E-state index contributed by atoms with van der Waals surface area (Å²) in [6, 6.07) is 3.20. The van der Waals surface area contributed by atoms with E-state index in [1.54, 1.807) is 12.1 Å². The molecule has 0 aliphatic carbocycles. The molecule has 0 heterocycles. The third-order valence-corrected chi connectivity index (χ3v) is 2.51. The summed E-state index contributed by atoms with van der Waals surface area (Å²) in [6.07, 6.45) is 1.89. The van der Waals surface area contributed by atoms with Crippen molar-refractivity contribution in [3.63, 3.8) is 0 Å². The van der Waals surface area contributed by atoms with E-state index in [1.807, 2.05) is 0 Å². The molecule has 0 aromatic heterocycles.